The number of nitrogens with two attached hydrogens (primary N) is 2. The number of aliphatic carboxylic acids is 4. The molecule has 0 aliphatic heterocycles. The zero-order valence-electron chi connectivity index (χ0n) is 31.2. The first kappa shape index (κ1) is 50.4. The first-order valence-corrected chi connectivity index (χ1v) is 19.5. The fourth-order valence-electron chi connectivity index (χ4n) is 4.63. The Hall–Kier alpha value is -5.59. The highest BCUT2D eigenvalue weighted by molar-refractivity contribution is 8.00. The van der Waals surface area contributed by atoms with Crippen molar-refractivity contribution >= 4 is 88.6 Å². The van der Waals surface area contributed by atoms with Gasteiger partial charge < -0.3 is 57.9 Å². The van der Waals surface area contributed by atoms with Crippen LogP contribution in [0.2, 0.25) is 0 Å². The van der Waals surface area contributed by atoms with E-state index in [-0.39, 0.29) is 67.1 Å². The van der Waals surface area contributed by atoms with Crippen LogP contribution in [0, 0.1) is 0 Å². The molecular formula is C34H46N6O16S2. The maximum atomic E-state index is 13.0. The van der Waals surface area contributed by atoms with Gasteiger partial charge in [-0.05, 0) is 36.1 Å². The number of thioether (sulfide) groups is 2. The fraction of sp³-hybridized carbons (Fsp3) is 0.500. The standard InChI is InChI=1S/C34H46N6O16S2/c1-56-34(55)19-7-17(9-20(41)13-57-15-24(30(49)37-11-28(45)46)39-26(43)4-2-22(35)32(51)52)6-18(8-19)10-21(42)14-58-16-25(31(50)38-12-29(47)48)40-27(44)5-3-23(36)33(53)54/h6-8,22-25H,2-5,9-16,35-36H2,1H3,(H,37,49)(H,38,50)(H,39,43)(H,40,44)(H,45,46)(H,47,48)(H,51,52)(H,53,54). The van der Waals surface area contributed by atoms with Crippen molar-refractivity contribution in [2.75, 3.05) is 43.2 Å². The first-order chi connectivity index (χ1) is 27.2. The lowest BCUT2D eigenvalue weighted by Crippen LogP contribution is -2.49. The number of rotatable bonds is 29. The van der Waals surface area contributed by atoms with Crippen molar-refractivity contribution in [1.29, 1.82) is 0 Å². The van der Waals surface area contributed by atoms with Gasteiger partial charge >= 0.3 is 29.8 Å². The molecule has 0 aromatic heterocycles. The van der Waals surface area contributed by atoms with Crippen molar-refractivity contribution in [2.24, 2.45) is 11.5 Å². The molecule has 0 saturated heterocycles. The zero-order chi connectivity index (χ0) is 43.9. The minimum atomic E-state index is -1.35. The quantitative estimate of drug-likeness (QED) is 0.0357. The molecule has 0 spiro atoms. The van der Waals surface area contributed by atoms with Crippen LogP contribution >= 0.6 is 23.5 Å². The summed E-state index contributed by atoms with van der Waals surface area (Å²) < 4.78 is 4.79. The summed E-state index contributed by atoms with van der Waals surface area (Å²) in [5, 5.41) is 44.6. The van der Waals surface area contributed by atoms with Gasteiger partial charge in [0, 0.05) is 37.2 Å². The third-order valence-corrected chi connectivity index (χ3v) is 9.69. The Morgan fingerprint density at radius 2 is 1.02 bits per heavy atom. The van der Waals surface area contributed by atoms with Crippen LogP contribution in [0.4, 0.5) is 0 Å². The number of hydrogen-bond donors (Lipinski definition) is 10. The summed E-state index contributed by atoms with van der Waals surface area (Å²) in [5.74, 6) is -10.9. The minimum absolute atomic E-state index is 0.0249. The van der Waals surface area contributed by atoms with Crippen LogP contribution in [0.25, 0.3) is 0 Å². The van der Waals surface area contributed by atoms with Gasteiger partial charge in [0.15, 0.2) is 0 Å². The van der Waals surface area contributed by atoms with Crippen LogP contribution in [-0.2, 0) is 65.5 Å². The molecule has 1 aromatic rings. The predicted molar refractivity (Wildman–Crippen MR) is 205 cm³/mol. The summed E-state index contributed by atoms with van der Waals surface area (Å²) >= 11 is 1.85. The third kappa shape index (κ3) is 21.1. The van der Waals surface area contributed by atoms with Crippen LogP contribution in [0.3, 0.4) is 0 Å². The van der Waals surface area contributed by atoms with E-state index in [2.05, 4.69) is 21.3 Å². The highest BCUT2D eigenvalue weighted by Gasteiger charge is 2.25. The molecule has 1 aromatic carbocycles. The maximum absolute atomic E-state index is 13.0. The van der Waals surface area contributed by atoms with E-state index in [9.17, 15) is 52.7 Å². The van der Waals surface area contributed by atoms with Gasteiger partial charge in [-0.3, -0.25) is 47.9 Å². The molecular weight excluding hydrogens is 813 g/mol. The topological polar surface area (TPSA) is 378 Å². The molecule has 4 amide bonds. The van der Waals surface area contributed by atoms with Crippen molar-refractivity contribution in [3.05, 3.63) is 34.9 Å². The molecule has 24 heteroatoms. The molecule has 0 fully saturated rings. The van der Waals surface area contributed by atoms with Crippen molar-refractivity contribution in [1.82, 2.24) is 21.3 Å². The third-order valence-electron chi connectivity index (χ3n) is 7.50. The molecule has 4 atom stereocenters. The summed E-state index contributed by atoms with van der Waals surface area (Å²) in [6, 6.07) is -0.975. The molecule has 1 rings (SSSR count). The normalized spacial score (nSPS) is 12.7. The number of nitrogens with one attached hydrogen (secondary N) is 4. The van der Waals surface area contributed by atoms with Crippen molar-refractivity contribution in [2.45, 2.75) is 62.7 Å². The summed E-state index contributed by atoms with van der Waals surface area (Å²) in [5.41, 5.74) is 11.5. The smallest absolute Gasteiger partial charge is 0.337 e. The van der Waals surface area contributed by atoms with Gasteiger partial charge in [-0.1, -0.05) is 6.07 Å². The molecule has 12 N–H and O–H groups in total. The number of carboxylic acid groups (broad SMARTS) is 4. The van der Waals surface area contributed by atoms with Crippen LogP contribution < -0.4 is 32.7 Å². The van der Waals surface area contributed by atoms with Gasteiger partial charge in [-0.2, -0.15) is 23.5 Å². The van der Waals surface area contributed by atoms with Crippen LogP contribution in [-0.4, -0.2) is 153 Å². The largest absolute Gasteiger partial charge is 0.480 e. The number of hydrogen-bond acceptors (Lipinski definition) is 16. The number of ketones is 2. The SMILES string of the molecule is COC(=O)c1cc(CC(=O)CSCC(NC(=O)CCC(N)C(=O)O)C(=O)NCC(=O)O)cc(CC(=O)CSCC(NC(=O)CCC(N)C(=O)O)C(=O)NCC(=O)O)c1. The summed E-state index contributed by atoms with van der Waals surface area (Å²) in [6.07, 6.45) is -1.66. The van der Waals surface area contributed by atoms with Gasteiger partial charge in [-0.25, -0.2) is 4.79 Å². The molecule has 58 heavy (non-hydrogen) atoms. The molecule has 4 unspecified atom stereocenters. The van der Waals surface area contributed by atoms with Crippen molar-refractivity contribution in [3.63, 3.8) is 0 Å². The summed E-state index contributed by atoms with van der Waals surface area (Å²) in [4.78, 5) is 132. The second-order valence-electron chi connectivity index (χ2n) is 12.4. The average molecular weight is 859 g/mol. The van der Waals surface area contributed by atoms with E-state index in [1.165, 1.54) is 18.2 Å². The van der Waals surface area contributed by atoms with Gasteiger partial charge in [0.1, 0.15) is 48.8 Å². The number of carboxylic acids is 4. The number of carbonyl (C=O) groups excluding carboxylic acids is 7. The Morgan fingerprint density at radius 3 is 1.34 bits per heavy atom. The Labute approximate surface area is 339 Å². The fourth-order valence-corrected chi connectivity index (χ4v) is 6.47. The Bertz CT molecular complexity index is 1600. The molecule has 22 nitrogen and oxygen atoms in total. The van der Waals surface area contributed by atoms with Crippen LogP contribution in [0.15, 0.2) is 18.2 Å². The number of ether oxygens (including phenoxy) is 1. The second kappa shape index (κ2) is 26.4. The Morgan fingerprint density at radius 1 is 0.638 bits per heavy atom. The predicted octanol–water partition coefficient (Wildman–Crippen LogP) is -3.08. The van der Waals surface area contributed by atoms with Gasteiger partial charge in [0.25, 0.3) is 0 Å². The van der Waals surface area contributed by atoms with Crippen LogP contribution in [0.1, 0.15) is 47.2 Å². The van der Waals surface area contributed by atoms with E-state index >= 15 is 0 Å². The number of methoxy groups -OCH3 is 1. The molecule has 0 bridgehead atoms. The van der Waals surface area contributed by atoms with Gasteiger partial charge in [0.05, 0.1) is 24.2 Å². The molecule has 0 heterocycles. The second-order valence-corrected chi connectivity index (χ2v) is 14.5. The Kier molecular flexibility index (Phi) is 22.9. The highest BCUT2D eigenvalue weighted by atomic mass is 32.2. The molecule has 320 valence electrons. The van der Waals surface area contributed by atoms with E-state index in [4.69, 9.17) is 36.6 Å². The van der Waals surface area contributed by atoms with Gasteiger partial charge in [0.2, 0.25) is 23.6 Å². The number of Topliss-reactive ketones (excluding diaryl/α,β-unsaturated/α-hetero) is 2. The number of benzene rings is 1. The van der Waals surface area contributed by atoms with Crippen molar-refractivity contribution < 1.29 is 77.9 Å². The van der Waals surface area contributed by atoms with E-state index in [1.807, 2.05) is 0 Å². The average Bonchev–Trinajstić information content (AvgIpc) is 3.15. The lowest BCUT2D eigenvalue weighted by atomic mass is 9.99. The lowest BCUT2D eigenvalue weighted by molar-refractivity contribution is -0.140. The maximum Gasteiger partial charge on any atom is 0.337 e. The van der Waals surface area contributed by atoms with Crippen molar-refractivity contribution in [3.8, 4) is 0 Å². The monoisotopic (exact) mass is 858 g/mol. The molecule has 0 saturated carbocycles. The van der Waals surface area contributed by atoms with Gasteiger partial charge in [-0.15, -0.1) is 0 Å². The number of carbonyl (C=O) groups is 11. The molecule has 0 radical (unpaired) electrons. The molecule has 0 aliphatic rings. The van der Waals surface area contributed by atoms with E-state index in [0.717, 1.165) is 30.6 Å². The molecule has 0 aliphatic carbocycles. The van der Waals surface area contributed by atoms with E-state index < -0.39 is 102 Å². The number of amides is 4. The summed E-state index contributed by atoms with van der Waals surface area (Å²) in [6.45, 7) is -1.51. The van der Waals surface area contributed by atoms with Crippen LogP contribution in [0.5, 0.6) is 0 Å². The zero-order valence-corrected chi connectivity index (χ0v) is 32.8. The Balaban J connectivity index is 2.96. The van der Waals surface area contributed by atoms with E-state index in [0.29, 0.717) is 11.1 Å². The first-order valence-electron chi connectivity index (χ1n) is 17.2. The van der Waals surface area contributed by atoms with E-state index in [1.54, 1.807) is 0 Å². The highest BCUT2D eigenvalue weighted by Crippen LogP contribution is 2.17. The minimum Gasteiger partial charge on any atom is -0.480 e. The number of esters is 1. The lowest BCUT2D eigenvalue weighted by Gasteiger charge is -2.18. The summed E-state index contributed by atoms with van der Waals surface area (Å²) in [7, 11) is 1.13.